The number of anilines is 1. The van der Waals surface area contributed by atoms with Gasteiger partial charge in [-0.1, -0.05) is 24.3 Å². The van der Waals surface area contributed by atoms with Gasteiger partial charge in [-0.2, -0.15) is 0 Å². The van der Waals surface area contributed by atoms with Gasteiger partial charge in [-0.3, -0.25) is 4.79 Å². The third-order valence-electron chi connectivity index (χ3n) is 3.86. The van der Waals surface area contributed by atoms with Crippen molar-refractivity contribution in [1.29, 1.82) is 0 Å². The molecule has 3 heteroatoms. The van der Waals surface area contributed by atoms with E-state index in [1.54, 1.807) is 0 Å². The summed E-state index contributed by atoms with van der Waals surface area (Å²) in [6.07, 6.45) is 1.15. The normalized spacial score (nSPS) is 10.6. The Labute approximate surface area is 126 Å². The van der Waals surface area contributed by atoms with Crippen molar-refractivity contribution >= 4 is 22.4 Å². The summed E-state index contributed by atoms with van der Waals surface area (Å²) in [5, 5.41) is 2.45. The maximum Gasteiger partial charge on any atom is 0.305 e. The number of rotatable bonds is 6. The minimum atomic E-state index is -0.160. The number of carbonyl (C=O) groups is 1. The molecule has 0 aliphatic heterocycles. The fourth-order valence-corrected chi connectivity index (χ4v) is 2.57. The van der Waals surface area contributed by atoms with Gasteiger partial charge in [-0.15, -0.1) is 0 Å². The minimum absolute atomic E-state index is 0.160. The Kier molecular flexibility index (Phi) is 5.20. The van der Waals surface area contributed by atoms with Crippen molar-refractivity contribution < 1.29 is 9.53 Å². The average molecular weight is 285 g/mol. The Morgan fingerprint density at radius 1 is 1.05 bits per heavy atom. The Bertz CT molecular complexity index is 618. The Morgan fingerprint density at radius 3 is 2.38 bits per heavy atom. The lowest BCUT2D eigenvalue weighted by Gasteiger charge is -2.21. The van der Waals surface area contributed by atoms with Crippen LogP contribution in [-0.4, -0.2) is 26.2 Å². The fraction of sp³-hybridized carbons (Fsp3) is 0.389. The summed E-state index contributed by atoms with van der Waals surface area (Å²) in [4.78, 5) is 13.5. The summed E-state index contributed by atoms with van der Waals surface area (Å²) in [7, 11) is 1.43. The number of methoxy groups -OCH3 is 1. The predicted octanol–water partition coefficient (Wildman–Crippen LogP) is 3.79. The molecule has 2 aromatic rings. The van der Waals surface area contributed by atoms with E-state index in [1.165, 1.54) is 29.1 Å². The van der Waals surface area contributed by atoms with Crippen LogP contribution in [0.1, 0.15) is 25.8 Å². The van der Waals surface area contributed by atoms with Crippen molar-refractivity contribution in [2.75, 3.05) is 25.1 Å². The van der Waals surface area contributed by atoms with Gasteiger partial charge in [-0.25, -0.2) is 0 Å². The molecular formula is C18H23NO2. The van der Waals surface area contributed by atoms with Gasteiger partial charge in [0.05, 0.1) is 7.11 Å². The number of benzene rings is 2. The lowest BCUT2D eigenvalue weighted by molar-refractivity contribution is -0.140. The third kappa shape index (κ3) is 3.75. The molecular weight excluding hydrogens is 262 g/mol. The van der Waals surface area contributed by atoms with Crippen LogP contribution in [0.15, 0.2) is 36.4 Å². The second kappa shape index (κ2) is 7.11. The summed E-state index contributed by atoms with van der Waals surface area (Å²) in [5.41, 5.74) is 2.43. The number of ether oxygens (including phenoxy) is 1. The Balaban J connectivity index is 2.21. The molecule has 112 valence electrons. The van der Waals surface area contributed by atoms with E-state index in [4.69, 9.17) is 0 Å². The summed E-state index contributed by atoms with van der Waals surface area (Å²) >= 11 is 0. The largest absolute Gasteiger partial charge is 0.469 e. The first-order valence-corrected chi connectivity index (χ1v) is 7.52. The van der Waals surface area contributed by atoms with Gasteiger partial charge in [-0.05, 0) is 48.7 Å². The molecule has 0 unspecified atom stereocenters. The second-order valence-electron chi connectivity index (χ2n) is 5.11. The molecule has 0 aliphatic carbocycles. The van der Waals surface area contributed by atoms with E-state index in [2.05, 4.69) is 59.9 Å². The van der Waals surface area contributed by atoms with Crippen molar-refractivity contribution in [2.45, 2.75) is 26.7 Å². The molecule has 2 rings (SSSR count). The Hall–Kier alpha value is -2.03. The minimum Gasteiger partial charge on any atom is -0.469 e. The molecule has 0 heterocycles. The zero-order chi connectivity index (χ0) is 15.2. The van der Waals surface area contributed by atoms with Crippen LogP contribution in [0.2, 0.25) is 0 Å². The van der Waals surface area contributed by atoms with Crippen LogP contribution < -0.4 is 4.90 Å². The van der Waals surface area contributed by atoms with Crippen molar-refractivity contribution in [1.82, 2.24) is 0 Å². The molecule has 3 nitrogen and oxygen atoms in total. The highest BCUT2D eigenvalue weighted by atomic mass is 16.5. The van der Waals surface area contributed by atoms with E-state index in [0.29, 0.717) is 6.42 Å². The van der Waals surface area contributed by atoms with Crippen molar-refractivity contribution in [2.24, 2.45) is 0 Å². The monoisotopic (exact) mass is 285 g/mol. The van der Waals surface area contributed by atoms with Crippen LogP contribution in [-0.2, 0) is 16.0 Å². The van der Waals surface area contributed by atoms with E-state index in [9.17, 15) is 4.79 Å². The number of carbonyl (C=O) groups excluding carboxylic acids is 1. The van der Waals surface area contributed by atoms with E-state index in [-0.39, 0.29) is 5.97 Å². The number of esters is 1. The zero-order valence-electron chi connectivity index (χ0n) is 13.1. The van der Waals surface area contributed by atoms with Crippen molar-refractivity contribution in [3.8, 4) is 0 Å². The quantitative estimate of drug-likeness (QED) is 0.756. The van der Waals surface area contributed by atoms with Gasteiger partial charge in [0.2, 0.25) is 0 Å². The van der Waals surface area contributed by atoms with E-state index >= 15 is 0 Å². The highest BCUT2D eigenvalue weighted by Gasteiger charge is 2.05. The number of hydrogen-bond acceptors (Lipinski definition) is 3. The Morgan fingerprint density at radius 2 is 1.71 bits per heavy atom. The molecule has 0 N–H and O–H groups in total. The summed E-state index contributed by atoms with van der Waals surface area (Å²) < 4.78 is 4.68. The highest BCUT2D eigenvalue weighted by Crippen LogP contribution is 2.23. The fourth-order valence-electron chi connectivity index (χ4n) is 2.57. The molecule has 2 aromatic carbocycles. The number of aryl methyl sites for hydroxylation is 1. The zero-order valence-corrected chi connectivity index (χ0v) is 13.1. The van der Waals surface area contributed by atoms with Crippen LogP contribution in [0.3, 0.4) is 0 Å². The van der Waals surface area contributed by atoms with E-state index in [0.717, 1.165) is 19.5 Å². The molecule has 0 saturated heterocycles. The van der Waals surface area contributed by atoms with Gasteiger partial charge >= 0.3 is 5.97 Å². The first-order chi connectivity index (χ1) is 10.2. The molecule has 0 amide bonds. The third-order valence-corrected chi connectivity index (χ3v) is 3.86. The van der Waals surface area contributed by atoms with Crippen molar-refractivity contribution in [3.05, 3.63) is 42.0 Å². The smallest absolute Gasteiger partial charge is 0.305 e. The summed E-state index contributed by atoms with van der Waals surface area (Å²) in [6.45, 7) is 6.37. The van der Waals surface area contributed by atoms with Gasteiger partial charge in [0.25, 0.3) is 0 Å². The highest BCUT2D eigenvalue weighted by molar-refractivity contribution is 5.86. The first-order valence-electron chi connectivity index (χ1n) is 7.52. The maximum absolute atomic E-state index is 11.2. The maximum atomic E-state index is 11.2. The number of hydrogen-bond donors (Lipinski definition) is 0. The van der Waals surface area contributed by atoms with Crippen LogP contribution in [0, 0.1) is 0 Å². The lowest BCUT2D eigenvalue weighted by Crippen LogP contribution is -2.21. The molecule has 0 atom stereocenters. The van der Waals surface area contributed by atoms with Crippen LogP contribution in [0.25, 0.3) is 10.8 Å². The number of nitrogens with zero attached hydrogens (tertiary/aromatic N) is 1. The predicted molar refractivity (Wildman–Crippen MR) is 87.8 cm³/mol. The number of fused-ring (bicyclic) bond motifs is 1. The van der Waals surface area contributed by atoms with E-state index in [1.807, 2.05) is 0 Å². The summed E-state index contributed by atoms with van der Waals surface area (Å²) in [5.74, 6) is -0.160. The van der Waals surface area contributed by atoms with Gasteiger partial charge < -0.3 is 9.64 Å². The van der Waals surface area contributed by atoms with Crippen LogP contribution >= 0.6 is 0 Å². The van der Waals surface area contributed by atoms with Gasteiger partial charge in [0.15, 0.2) is 0 Å². The summed E-state index contributed by atoms with van der Waals surface area (Å²) in [6, 6.07) is 12.9. The van der Waals surface area contributed by atoms with E-state index < -0.39 is 0 Å². The average Bonchev–Trinajstić information content (AvgIpc) is 2.53. The first kappa shape index (κ1) is 15.4. The molecule has 21 heavy (non-hydrogen) atoms. The molecule has 0 fully saturated rings. The van der Waals surface area contributed by atoms with Crippen LogP contribution in [0.4, 0.5) is 5.69 Å². The molecule has 0 bridgehead atoms. The van der Waals surface area contributed by atoms with Crippen LogP contribution in [0.5, 0.6) is 0 Å². The molecule has 0 radical (unpaired) electrons. The molecule has 0 spiro atoms. The van der Waals surface area contributed by atoms with Gasteiger partial charge in [0, 0.05) is 25.2 Å². The van der Waals surface area contributed by atoms with Crippen molar-refractivity contribution in [3.63, 3.8) is 0 Å². The topological polar surface area (TPSA) is 29.5 Å². The standard InChI is InChI=1S/C18H23NO2/c1-4-19(5-2)17-10-9-15-12-14(6-8-16(15)13-17)7-11-18(20)21-3/h6,8-10,12-13H,4-5,7,11H2,1-3H3. The molecule has 0 aliphatic rings. The SMILES string of the molecule is CCN(CC)c1ccc2cc(CCC(=O)OC)ccc2c1. The van der Waals surface area contributed by atoms with Gasteiger partial charge in [0.1, 0.15) is 0 Å². The molecule has 0 saturated carbocycles. The second-order valence-corrected chi connectivity index (χ2v) is 5.11. The lowest BCUT2D eigenvalue weighted by atomic mass is 10.0. The molecule has 0 aromatic heterocycles.